The van der Waals surface area contributed by atoms with Crippen molar-refractivity contribution in [3.8, 4) is 0 Å². The molecule has 1 N–H and O–H groups in total. The molecule has 0 bridgehead atoms. The third-order valence-corrected chi connectivity index (χ3v) is 6.87. The van der Waals surface area contributed by atoms with Gasteiger partial charge < -0.3 is 9.15 Å². The Morgan fingerprint density at radius 3 is 2.85 bits per heavy atom. The summed E-state index contributed by atoms with van der Waals surface area (Å²) in [6, 6.07) is 5.97. The Balaban J connectivity index is 1.32. The number of hydrogen-bond donors (Lipinski definition) is 1. The lowest BCUT2D eigenvalue weighted by molar-refractivity contribution is -0.126. The normalized spacial score (nSPS) is 22.6. The first-order valence-electron chi connectivity index (χ1n) is 12.3. The molecule has 1 amide bonds. The van der Waals surface area contributed by atoms with Gasteiger partial charge in [-0.1, -0.05) is 50.6 Å². The van der Waals surface area contributed by atoms with Crippen molar-refractivity contribution in [2.45, 2.75) is 52.4 Å². The van der Waals surface area contributed by atoms with Crippen LogP contribution < -0.4 is 5.43 Å². The van der Waals surface area contributed by atoms with Crippen LogP contribution in [-0.4, -0.2) is 23.2 Å². The van der Waals surface area contributed by atoms with E-state index in [0.29, 0.717) is 12.5 Å². The van der Waals surface area contributed by atoms with E-state index in [4.69, 9.17) is 14.1 Å². The number of benzene rings is 1. The SMILES string of the molecule is CCC[C@H]1C(=O)NN=C(c2ccc3nc(C4=CC=C(OCC5=CC=CCC5)CC4)oc3c2)C1C. The van der Waals surface area contributed by atoms with Crippen LogP contribution >= 0.6 is 0 Å². The van der Waals surface area contributed by atoms with Crippen molar-refractivity contribution in [2.75, 3.05) is 6.61 Å². The average molecular weight is 458 g/mol. The van der Waals surface area contributed by atoms with Gasteiger partial charge in [-0.05, 0) is 49.5 Å². The van der Waals surface area contributed by atoms with E-state index in [9.17, 15) is 4.79 Å². The van der Waals surface area contributed by atoms with Crippen molar-refractivity contribution in [2.24, 2.45) is 16.9 Å². The van der Waals surface area contributed by atoms with E-state index < -0.39 is 0 Å². The van der Waals surface area contributed by atoms with Gasteiger partial charge in [0.1, 0.15) is 12.1 Å². The number of carbonyl (C=O) groups excluding carboxylic acids is 1. The number of ether oxygens (including phenoxy) is 1. The minimum absolute atomic E-state index is 0.00840. The van der Waals surface area contributed by atoms with Gasteiger partial charge in [-0.25, -0.2) is 10.4 Å². The number of hydrogen-bond acceptors (Lipinski definition) is 5. The number of hydrazone groups is 1. The summed E-state index contributed by atoms with van der Waals surface area (Å²) in [6.07, 6.45) is 16.2. The molecule has 0 spiro atoms. The molecule has 0 saturated carbocycles. The van der Waals surface area contributed by atoms with E-state index >= 15 is 0 Å². The van der Waals surface area contributed by atoms with Crippen molar-refractivity contribution < 1.29 is 13.9 Å². The van der Waals surface area contributed by atoms with Crippen LogP contribution in [0.2, 0.25) is 0 Å². The highest BCUT2D eigenvalue weighted by atomic mass is 16.5. The molecule has 6 heteroatoms. The molecule has 6 nitrogen and oxygen atoms in total. The highest BCUT2D eigenvalue weighted by molar-refractivity contribution is 6.07. The van der Waals surface area contributed by atoms with E-state index in [-0.39, 0.29) is 17.7 Å². The molecule has 2 aliphatic carbocycles. The van der Waals surface area contributed by atoms with Gasteiger partial charge in [-0.3, -0.25) is 4.79 Å². The lowest BCUT2D eigenvalue weighted by atomic mass is 9.82. The molecule has 0 fully saturated rings. The molecule has 5 rings (SSSR count). The highest BCUT2D eigenvalue weighted by Gasteiger charge is 2.32. The number of nitrogens with one attached hydrogen (secondary N) is 1. The summed E-state index contributed by atoms with van der Waals surface area (Å²) in [5.41, 5.74) is 8.52. The van der Waals surface area contributed by atoms with Crippen LogP contribution in [0, 0.1) is 11.8 Å². The van der Waals surface area contributed by atoms with E-state index in [0.717, 1.165) is 72.2 Å². The van der Waals surface area contributed by atoms with Gasteiger partial charge in [0, 0.05) is 29.4 Å². The number of allylic oxidation sites excluding steroid dienone is 7. The fourth-order valence-electron chi connectivity index (χ4n) is 4.83. The minimum atomic E-state index is -0.0556. The van der Waals surface area contributed by atoms with Gasteiger partial charge in [-0.15, -0.1) is 0 Å². The molecule has 176 valence electrons. The van der Waals surface area contributed by atoms with Crippen LogP contribution in [0.4, 0.5) is 0 Å². The molecule has 3 aliphatic rings. The predicted octanol–water partition coefficient (Wildman–Crippen LogP) is 6.07. The zero-order valence-corrected chi connectivity index (χ0v) is 19.8. The third kappa shape index (κ3) is 4.63. The average Bonchev–Trinajstić information content (AvgIpc) is 3.30. The van der Waals surface area contributed by atoms with Gasteiger partial charge in [0.25, 0.3) is 0 Å². The van der Waals surface area contributed by atoms with Gasteiger partial charge in [0.05, 0.1) is 11.5 Å². The molecular weight excluding hydrogens is 426 g/mol. The molecule has 1 aromatic carbocycles. The van der Waals surface area contributed by atoms with E-state index in [2.05, 4.69) is 48.7 Å². The summed E-state index contributed by atoms with van der Waals surface area (Å²) in [5, 5.41) is 4.37. The van der Waals surface area contributed by atoms with Crippen LogP contribution in [0.15, 0.2) is 69.4 Å². The zero-order chi connectivity index (χ0) is 23.5. The topological polar surface area (TPSA) is 76.7 Å². The van der Waals surface area contributed by atoms with Crippen molar-refractivity contribution in [1.82, 2.24) is 10.4 Å². The Kier molecular flexibility index (Phi) is 6.48. The maximum absolute atomic E-state index is 12.2. The third-order valence-electron chi connectivity index (χ3n) is 6.87. The lowest BCUT2D eigenvalue weighted by Crippen LogP contribution is -2.40. The Bertz CT molecular complexity index is 1240. The van der Waals surface area contributed by atoms with E-state index in [1.807, 2.05) is 24.3 Å². The Hall–Kier alpha value is -3.41. The Morgan fingerprint density at radius 1 is 1.18 bits per heavy atom. The number of oxazole rings is 1. The Morgan fingerprint density at radius 2 is 2.09 bits per heavy atom. The number of rotatable bonds is 7. The van der Waals surface area contributed by atoms with Crippen molar-refractivity contribution in [3.63, 3.8) is 0 Å². The lowest BCUT2D eigenvalue weighted by Gasteiger charge is -2.27. The zero-order valence-electron chi connectivity index (χ0n) is 19.8. The number of fused-ring (bicyclic) bond motifs is 1. The van der Waals surface area contributed by atoms with E-state index in [1.54, 1.807) is 0 Å². The molecule has 0 radical (unpaired) electrons. The van der Waals surface area contributed by atoms with Crippen LogP contribution in [0.1, 0.15) is 63.8 Å². The predicted molar refractivity (Wildman–Crippen MR) is 134 cm³/mol. The summed E-state index contributed by atoms with van der Waals surface area (Å²) < 4.78 is 12.2. The first-order valence-corrected chi connectivity index (χ1v) is 12.3. The Labute approximate surface area is 200 Å². The second kappa shape index (κ2) is 9.84. The standard InChI is InChI=1S/C28H31N3O3/c1-3-7-23-18(2)26(30-31-27(23)32)21-12-15-24-25(16-21)34-28(29-24)20-10-13-22(14-11-20)33-17-19-8-5-4-6-9-19/h4-5,8,10,12-13,15-16,18,23H,3,6-7,9,11,14,17H2,1-2H3,(H,31,32)/t18?,23-/m1/s1. The van der Waals surface area contributed by atoms with Crippen molar-refractivity contribution in [3.05, 3.63) is 71.4 Å². The maximum Gasteiger partial charge on any atom is 0.243 e. The quantitative estimate of drug-likeness (QED) is 0.548. The van der Waals surface area contributed by atoms with E-state index in [1.165, 1.54) is 5.57 Å². The summed E-state index contributed by atoms with van der Waals surface area (Å²) >= 11 is 0. The monoisotopic (exact) mass is 457 g/mol. The summed E-state index contributed by atoms with van der Waals surface area (Å²) in [5.74, 6) is 1.66. The van der Waals surface area contributed by atoms with Crippen molar-refractivity contribution >= 4 is 28.3 Å². The van der Waals surface area contributed by atoms with Crippen molar-refractivity contribution in [1.29, 1.82) is 0 Å². The highest BCUT2D eigenvalue weighted by Crippen LogP contribution is 2.31. The summed E-state index contributed by atoms with van der Waals surface area (Å²) in [6.45, 7) is 4.84. The molecule has 34 heavy (non-hydrogen) atoms. The van der Waals surface area contributed by atoms with Crippen LogP contribution in [0.25, 0.3) is 16.7 Å². The maximum atomic E-state index is 12.2. The largest absolute Gasteiger partial charge is 0.494 e. The number of aromatic nitrogens is 1. The molecule has 0 saturated heterocycles. The smallest absolute Gasteiger partial charge is 0.243 e. The number of amides is 1. The van der Waals surface area contributed by atoms with Gasteiger partial charge in [0.2, 0.25) is 11.8 Å². The minimum Gasteiger partial charge on any atom is -0.494 e. The molecule has 1 unspecified atom stereocenters. The summed E-state index contributed by atoms with van der Waals surface area (Å²) in [7, 11) is 0. The first-order chi connectivity index (χ1) is 16.6. The second-order valence-corrected chi connectivity index (χ2v) is 9.26. The molecule has 2 heterocycles. The van der Waals surface area contributed by atoms with Crippen LogP contribution in [0.3, 0.4) is 0 Å². The van der Waals surface area contributed by atoms with Crippen LogP contribution in [-0.2, 0) is 9.53 Å². The molecule has 1 aliphatic heterocycles. The fourth-order valence-corrected chi connectivity index (χ4v) is 4.83. The molecule has 2 aromatic rings. The van der Waals surface area contributed by atoms with Gasteiger partial charge in [-0.2, -0.15) is 5.10 Å². The summed E-state index contributed by atoms with van der Waals surface area (Å²) in [4.78, 5) is 16.9. The fraction of sp³-hybridized carbons (Fsp3) is 0.393. The molecule has 1 aromatic heterocycles. The van der Waals surface area contributed by atoms with Gasteiger partial charge in [0.15, 0.2) is 5.58 Å². The number of nitrogens with zero attached hydrogens (tertiary/aromatic N) is 2. The number of carbonyl (C=O) groups is 1. The van der Waals surface area contributed by atoms with Crippen LogP contribution in [0.5, 0.6) is 0 Å². The molecule has 2 atom stereocenters. The first kappa shape index (κ1) is 22.4. The van der Waals surface area contributed by atoms with Gasteiger partial charge >= 0.3 is 0 Å². The molecular formula is C28H31N3O3. The second-order valence-electron chi connectivity index (χ2n) is 9.26.